The molecule has 0 spiro atoms. The first-order chi connectivity index (χ1) is 16.6. The van der Waals surface area contributed by atoms with Gasteiger partial charge >= 0.3 is 5.97 Å². The first-order valence-electron chi connectivity index (χ1n) is 11.2. The number of aromatic nitrogens is 2. The lowest BCUT2D eigenvalue weighted by Gasteiger charge is -2.18. The van der Waals surface area contributed by atoms with Crippen molar-refractivity contribution in [2.24, 2.45) is 5.92 Å². The molecule has 0 amide bonds. The molecule has 0 aliphatic carbocycles. The quantitative estimate of drug-likeness (QED) is 0.309. The van der Waals surface area contributed by atoms with E-state index < -0.39 is 28.0 Å². The summed E-state index contributed by atoms with van der Waals surface area (Å²) in [6.45, 7) is 5.22. The number of aromatic amines is 1. The molecule has 0 radical (unpaired) electrons. The molecule has 0 aliphatic heterocycles. The van der Waals surface area contributed by atoms with E-state index in [1.807, 2.05) is 55.5 Å². The highest BCUT2D eigenvalue weighted by molar-refractivity contribution is 7.89. The fraction of sp³-hybridized carbons (Fsp3) is 0.231. The molecule has 0 aliphatic rings. The van der Waals surface area contributed by atoms with E-state index in [4.69, 9.17) is 4.74 Å². The Kier molecular flexibility index (Phi) is 6.90. The van der Waals surface area contributed by atoms with Crippen LogP contribution in [-0.4, -0.2) is 35.5 Å². The van der Waals surface area contributed by atoms with Crippen LogP contribution < -0.4 is 9.46 Å². The molecule has 0 bridgehead atoms. The summed E-state index contributed by atoms with van der Waals surface area (Å²) in [6, 6.07) is 20.4. The van der Waals surface area contributed by atoms with E-state index in [1.54, 1.807) is 26.0 Å². The molecule has 4 aromatic rings. The number of para-hydroxylation sites is 2. The van der Waals surface area contributed by atoms with Crippen LogP contribution in [0.5, 0.6) is 5.75 Å². The molecular formula is C26H27N3O5S. The van der Waals surface area contributed by atoms with Crippen LogP contribution in [0.2, 0.25) is 0 Å². The van der Waals surface area contributed by atoms with E-state index in [-0.39, 0.29) is 11.0 Å². The second kappa shape index (κ2) is 9.89. The van der Waals surface area contributed by atoms with Crippen LogP contribution in [0.15, 0.2) is 77.7 Å². The Balaban J connectivity index is 1.45. The zero-order valence-corrected chi connectivity index (χ0v) is 20.4. The van der Waals surface area contributed by atoms with Crippen molar-refractivity contribution in [3.8, 4) is 16.9 Å². The number of carboxylic acids is 1. The summed E-state index contributed by atoms with van der Waals surface area (Å²) in [5.74, 6) is -0.184. The van der Waals surface area contributed by atoms with Gasteiger partial charge in [-0.05, 0) is 60.4 Å². The van der Waals surface area contributed by atoms with E-state index in [2.05, 4.69) is 14.7 Å². The highest BCUT2D eigenvalue weighted by Crippen LogP contribution is 2.27. The molecule has 3 N–H and O–H groups in total. The number of rotatable bonds is 9. The zero-order chi connectivity index (χ0) is 25.2. The van der Waals surface area contributed by atoms with Gasteiger partial charge in [-0.25, -0.2) is 13.4 Å². The molecule has 182 valence electrons. The van der Waals surface area contributed by atoms with Gasteiger partial charge in [0, 0.05) is 0 Å². The minimum absolute atomic E-state index is 0.00719. The van der Waals surface area contributed by atoms with Gasteiger partial charge in [0.05, 0.1) is 15.9 Å². The van der Waals surface area contributed by atoms with Crippen LogP contribution in [0, 0.1) is 5.92 Å². The number of imidazole rings is 1. The van der Waals surface area contributed by atoms with Crippen molar-refractivity contribution in [1.29, 1.82) is 0 Å². The topological polar surface area (TPSA) is 121 Å². The minimum atomic E-state index is -3.96. The first-order valence-corrected chi connectivity index (χ1v) is 12.7. The maximum absolute atomic E-state index is 12.6. The Morgan fingerprint density at radius 2 is 1.54 bits per heavy atom. The van der Waals surface area contributed by atoms with Gasteiger partial charge < -0.3 is 14.8 Å². The first kappa shape index (κ1) is 24.4. The number of fused-ring (bicyclic) bond motifs is 1. The van der Waals surface area contributed by atoms with Crippen LogP contribution in [0.25, 0.3) is 22.2 Å². The predicted molar refractivity (Wildman–Crippen MR) is 134 cm³/mol. The molecular weight excluding hydrogens is 466 g/mol. The Labute approximate surface area is 204 Å². The Morgan fingerprint density at radius 3 is 2.11 bits per heavy atom. The molecule has 35 heavy (non-hydrogen) atoms. The number of hydrogen-bond acceptors (Lipinski definition) is 5. The average Bonchev–Trinajstić information content (AvgIpc) is 3.27. The largest absolute Gasteiger partial charge is 0.483 e. The zero-order valence-electron chi connectivity index (χ0n) is 19.6. The normalized spacial score (nSPS) is 13.6. The van der Waals surface area contributed by atoms with E-state index in [9.17, 15) is 18.3 Å². The third-order valence-corrected chi connectivity index (χ3v) is 7.13. The van der Waals surface area contributed by atoms with Crippen molar-refractivity contribution in [2.45, 2.75) is 37.8 Å². The SMILES string of the molecule is CC(Oc1ccc(-c2ccc(S(=O)(=O)NC(C(=O)O)C(C)C)cc2)cc1)c1nc2ccccc2[nH]1. The van der Waals surface area contributed by atoms with Crippen molar-refractivity contribution < 1.29 is 23.1 Å². The number of benzene rings is 3. The van der Waals surface area contributed by atoms with Gasteiger partial charge in [0.2, 0.25) is 10.0 Å². The minimum Gasteiger partial charge on any atom is -0.483 e. The van der Waals surface area contributed by atoms with Crippen molar-refractivity contribution in [3.63, 3.8) is 0 Å². The van der Waals surface area contributed by atoms with Crippen LogP contribution in [-0.2, 0) is 14.8 Å². The van der Waals surface area contributed by atoms with Gasteiger partial charge in [0.15, 0.2) is 6.10 Å². The van der Waals surface area contributed by atoms with Crippen LogP contribution in [0.3, 0.4) is 0 Å². The van der Waals surface area contributed by atoms with Gasteiger partial charge in [0.1, 0.15) is 17.6 Å². The number of nitrogens with zero attached hydrogens (tertiary/aromatic N) is 1. The fourth-order valence-electron chi connectivity index (χ4n) is 3.68. The number of ether oxygens (including phenoxy) is 1. The highest BCUT2D eigenvalue weighted by Gasteiger charge is 2.28. The summed E-state index contributed by atoms with van der Waals surface area (Å²) < 4.78 is 33.5. The molecule has 0 saturated carbocycles. The van der Waals surface area contributed by atoms with Crippen LogP contribution >= 0.6 is 0 Å². The van der Waals surface area contributed by atoms with Gasteiger partial charge in [-0.2, -0.15) is 4.72 Å². The third-order valence-electron chi connectivity index (χ3n) is 5.67. The van der Waals surface area contributed by atoms with Crippen LogP contribution in [0.1, 0.15) is 32.7 Å². The molecule has 4 rings (SSSR count). The average molecular weight is 494 g/mol. The van der Waals surface area contributed by atoms with E-state index in [0.29, 0.717) is 5.75 Å². The maximum atomic E-state index is 12.6. The number of carboxylic acid groups (broad SMARTS) is 1. The monoisotopic (exact) mass is 493 g/mol. The number of nitrogens with one attached hydrogen (secondary N) is 2. The molecule has 9 heteroatoms. The molecule has 0 fully saturated rings. The van der Waals surface area contributed by atoms with Crippen molar-refractivity contribution in [3.05, 3.63) is 78.6 Å². The van der Waals surface area contributed by atoms with E-state index in [1.165, 1.54) is 12.1 Å². The van der Waals surface area contributed by atoms with Gasteiger partial charge in [-0.3, -0.25) is 4.79 Å². The summed E-state index contributed by atoms with van der Waals surface area (Å²) in [7, 11) is -3.96. The molecule has 1 aromatic heterocycles. The number of carbonyl (C=O) groups is 1. The second-order valence-electron chi connectivity index (χ2n) is 8.63. The lowest BCUT2D eigenvalue weighted by Crippen LogP contribution is -2.44. The third kappa shape index (κ3) is 5.52. The van der Waals surface area contributed by atoms with Crippen molar-refractivity contribution in [2.75, 3.05) is 0 Å². The summed E-state index contributed by atoms with van der Waals surface area (Å²) in [6.07, 6.45) is -0.272. The van der Waals surface area contributed by atoms with Crippen molar-refractivity contribution in [1.82, 2.24) is 14.7 Å². The number of H-pyrrole nitrogens is 1. The standard InChI is InChI=1S/C26H27N3O5S/c1-16(2)24(26(30)31)29-35(32,33)21-14-10-19(11-15-21)18-8-12-20(13-9-18)34-17(3)25-27-22-6-4-5-7-23(22)28-25/h4-17,24,29H,1-3H3,(H,27,28)(H,30,31). The fourth-order valence-corrected chi connectivity index (χ4v) is 5.02. The summed E-state index contributed by atoms with van der Waals surface area (Å²) >= 11 is 0. The number of aliphatic carboxylic acids is 1. The van der Waals surface area contributed by atoms with Gasteiger partial charge in [-0.1, -0.05) is 50.2 Å². The summed E-state index contributed by atoms with van der Waals surface area (Å²) in [5.41, 5.74) is 3.55. The molecule has 1 heterocycles. The second-order valence-corrected chi connectivity index (χ2v) is 10.3. The van der Waals surface area contributed by atoms with E-state index in [0.717, 1.165) is 28.0 Å². The maximum Gasteiger partial charge on any atom is 0.322 e. The molecule has 3 aromatic carbocycles. The summed E-state index contributed by atoms with van der Waals surface area (Å²) in [4.78, 5) is 19.2. The predicted octanol–water partition coefficient (Wildman–Crippen LogP) is 4.76. The lowest BCUT2D eigenvalue weighted by atomic mass is 10.1. The highest BCUT2D eigenvalue weighted by atomic mass is 32.2. The molecule has 2 atom stereocenters. The summed E-state index contributed by atoms with van der Waals surface area (Å²) in [5, 5.41) is 9.28. The Hall–Kier alpha value is -3.69. The molecule has 2 unspecified atom stereocenters. The van der Waals surface area contributed by atoms with Gasteiger partial charge in [0.25, 0.3) is 0 Å². The van der Waals surface area contributed by atoms with Crippen LogP contribution in [0.4, 0.5) is 0 Å². The Bertz CT molecular complexity index is 1400. The smallest absolute Gasteiger partial charge is 0.322 e. The number of hydrogen-bond donors (Lipinski definition) is 3. The van der Waals surface area contributed by atoms with Crippen molar-refractivity contribution >= 4 is 27.0 Å². The lowest BCUT2D eigenvalue weighted by molar-refractivity contribution is -0.140. The van der Waals surface area contributed by atoms with Gasteiger partial charge in [-0.15, -0.1) is 0 Å². The molecule has 8 nitrogen and oxygen atoms in total. The van der Waals surface area contributed by atoms with E-state index >= 15 is 0 Å². The Morgan fingerprint density at radius 1 is 0.943 bits per heavy atom. The number of sulfonamides is 1. The molecule has 0 saturated heterocycles.